The minimum atomic E-state index is 0.532. The number of aryl methyl sites for hydroxylation is 1. The van der Waals surface area contributed by atoms with Crippen LogP contribution in [0.1, 0.15) is 17.0 Å². The lowest BCUT2D eigenvalue weighted by Gasteiger charge is -2.11. The van der Waals surface area contributed by atoms with E-state index in [2.05, 4.69) is 15.3 Å². The highest BCUT2D eigenvalue weighted by Crippen LogP contribution is 2.18. The molecule has 0 aliphatic carbocycles. The molecular formula is C14H17N3O. The van der Waals surface area contributed by atoms with Crippen molar-refractivity contribution >= 4 is 0 Å². The zero-order valence-corrected chi connectivity index (χ0v) is 10.7. The van der Waals surface area contributed by atoms with Crippen LogP contribution < -0.4 is 10.1 Å². The third-order valence-electron chi connectivity index (χ3n) is 2.56. The fraction of sp³-hybridized carbons (Fsp3) is 0.286. The molecule has 2 rings (SSSR count). The van der Waals surface area contributed by atoms with Gasteiger partial charge in [-0.15, -0.1) is 0 Å². The van der Waals surface area contributed by atoms with E-state index in [0.29, 0.717) is 13.2 Å². The van der Waals surface area contributed by atoms with E-state index < -0.39 is 0 Å². The number of ether oxygens (including phenoxy) is 1. The Labute approximate surface area is 107 Å². The van der Waals surface area contributed by atoms with Crippen molar-refractivity contribution in [1.82, 2.24) is 15.3 Å². The lowest BCUT2D eigenvalue weighted by molar-refractivity contribution is 0.300. The Morgan fingerprint density at radius 1 is 1.17 bits per heavy atom. The van der Waals surface area contributed by atoms with Gasteiger partial charge in [-0.2, -0.15) is 0 Å². The second-order valence-corrected chi connectivity index (χ2v) is 4.07. The van der Waals surface area contributed by atoms with E-state index in [-0.39, 0.29) is 0 Å². The number of rotatable bonds is 5. The largest absolute Gasteiger partial charge is 0.487 e. The summed E-state index contributed by atoms with van der Waals surface area (Å²) in [6.07, 6.45) is 3.53. The molecule has 0 bridgehead atoms. The molecule has 2 aromatic heterocycles. The highest BCUT2D eigenvalue weighted by Gasteiger charge is 2.05. The fourth-order valence-corrected chi connectivity index (χ4v) is 1.66. The van der Waals surface area contributed by atoms with Crippen LogP contribution >= 0.6 is 0 Å². The molecule has 0 saturated heterocycles. The van der Waals surface area contributed by atoms with Gasteiger partial charge in [0.15, 0.2) is 0 Å². The van der Waals surface area contributed by atoms with Gasteiger partial charge in [-0.25, -0.2) is 0 Å². The van der Waals surface area contributed by atoms with Crippen molar-refractivity contribution in [2.45, 2.75) is 20.1 Å². The summed E-state index contributed by atoms with van der Waals surface area (Å²) in [5.74, 6) is 0.826. The lowest BCUT2D eigenvalue weighted by atomic mass is 10.2. The molecule has 0 fully saturated rings. The Balaban J connectivity index is 2.09. The zero-order valence-electron chi connectivity index (χ0n) is 10.7. The second kappa shape index (κ2) is 6.12. The Bertz CT molecular complexity index is 500. The number of nitrogens with zero attached hydrogens (tertiary/aromatic N) is 2. The second-order valence-electron chi connectivity index (χ2n) is 4.07. The van der Waals surface area contributed by atoms with E-state index >= 15 is 0 Å². The summed E-state index contributed by atoms with van der Waals surface area (Å²) in [6, 6.07) is 7.82. The highest BCUT2D eigenvalue weighted by molar-refractivity contribution is 5.29. The van der Waals surface area contributed by atoms with Gasteiger partial charge in [0.2, 0.25) is 0 Å². The summed E-state index contributed by atoms with van der Waals surface area (Å²) in [5, 5.41) is 3.10. The molecule has 2 heterocycles. The molecule has 0 saturated carbocycles. The molecule has 0 amide bonds. The summed E-state index contributed by atoms with van der Waals surface area (Å²) in [7, 11) is 1.90. The molecular weight excluding hydrogens is 226 g/mol. The number of nitrogens with one attached hydrogen (secondary N) is 1. The van der Waals surface area contributed by atoms with Gasteiger partial charge in [-0.05, 0) is 43.8 Å². The fourth-order valence-electron chi connectivity index (χ4n) is 1.66. The van der Waals surface area contributed by atoms with Crippen molar-refractivity contribution in [3.63, 3.8) is 0 Å². The van der Waals surface area contributed by atoms with Crippen molar-refractivity contribution < 1.29 is 4.74 Å². The molecule has 18 heavy (non-hydrogen) atoms. The monoisotopic (exact) mass is 243 g/mol. The minimum absolute atomic E-state index is 0.532. The van der Waals surface area contributed by atoms with Crippen molar-refractivity contribution in [1.29, 1.82) is 0 Å². The quantitative estimate of drug-likeness (QED) is 0.873. The van der Waals surface area contributed by atoms with Gasteiger partial charge in [0.1, 0.15) is 12.4 Å². The molecule has 0 radical (unpaired) electrons. The summed E-state index contributed by atoms with van der Waals surface area (Å²) in [4.78, 5) is 8.46. The maximum Gasteiger partial charge on any atom is 0.142 e. The Hall–Kier alpha value is -1.94. The van der Waals surface area contributed by atoms with E-state index in [1.165, 1.54) is 0 Å². The van der Waals surface area contributed by atoms with Crippen molar-refractivity contribution in [2.75, 3.05) is 7.05 Å². The molecule has 94 valence electrons. The number of pyridine rings is 2. The molecule has 0 aromatic carbocycles. The predicted molar refractivity (Wildman–Crippen MR) is 70.3 cm³/mol. The first-order valence-corrected chi connectivity index (χ1v) is 5.92. The van der Waals surface area contributed by atoms with Crippen LogP contribution in [0.5, 0.6) is 5.75 Å². The van der Waals surface area contributed by atoms with Gasteiger partial charge in [-0.3, -0.25) is 9.97 Å². The highest BCUT2D eigenvalue weighted by atomic mass is 16.5. The van der Waals surface area contributed by atoms with Gasteiger partial charge in [-0.1, -0.05) is 0 Å². The first kappa shape index (κ1) is 12.5. The standard InChI is InChI=1S/C14H17N3O/c1-11-3-4-14(13(17-11)9-15-2)18-10-12-5-7-16-8-6-12/h3-8,15H,9-10H2,1-2H3. The maximum absolute atomic E-state index is 5.80. The topological polar surface area (TPSA) is 47.0 Å². The van der Waals surface area contributed by atoms with Gasteiger partial charge < -0.3 is 10.1 Å². The van der Waals surface area contributed by atoms with Crippen LogP contribution in [0.4, 0.5) is 0 Å². The van der Waals surface area contributed by atoms with Crippen LogP contribution in [-0.4, -0.2) is 17.0 Å². The molecule has 0 spiro atoms. The van der Waals surface area contributed by atoms with E-state index in [1.807, 2.05) is 38.2 Å². The summed E-state index contributed by atoms with van der Waals surface area (Å²) in [5.41, 5.74) is 3.03. The Morgan fingerprint density at radius 2 is 1.94 bits per heavy atom. The molecule has 0 aliphatic heterocycles. The summed E-state index contributed by atoms with van der Waals surface area (Å²) in [6.45, 7) is 3.21. The average Bonchev–Trinajstić information content (AvgIpc) is 2.39. The van der Waals surface area contributed by atoms with Crippen LogP contribution in [0.25, 0.3) is 0 Å². The van der Waals surface area contributed by atoms with E-state index in [1.54, 1.807) is 12.4 Å². The Morgan fingerprint density at radius 3 is 2.67 bits per heavy atom. The lowest BCUT2D eigenvalue weighted by Crippen LogP contribution is -2.10. The normalized spacial score (nSPS) is 10.3. The molecule has 0 atom stereocenters. The van der Waals surface area contributed by atoms with Crippen LogP contribution in [0.3, 0.4) is 0 Å². The SMILES string of the molecule is CNCc1nc(C)ccc1OCc1ccncc1. The molecule has 0 aliphatic rings. The average molecular weight is 243 g/mol. The molecule has 4 heteroatoms. The number of hydrogen-bond donors (Lipinski definition) is 1. The van der Waals surface area contributed by atoms with Crippen molar-refractivity contribution in [2.24, 2.45) is 0 Å². The van der Waals surface area contributed by atoms with Gasteiger partial charge in [0.05, 0.1) is 5.69 Å². The molecule has 1 N–H and O–H groups in total. The number of hydrogen-bond acceptors (Lipinski definition) is 4. The first-order valence-electron chi connectivity index (χ1n) is 5.92. The third-order valence-corrected chi connectivity index (χ3v) is 2.56. The van der Waals surface area contributed by atoms with Gasteiger partial charge in [0.25, 0.3) is 0 Å². The van der Waals surface area contributed by atoms with E-state index in [9.17, 15) is 0 Å². The first-order chi connectivity index (χ1) is 8.79. The minimum Gasteiger partial charge on any atom is -0.487 e. The summed E-state index contributed by atoms with van der Waals surface area (Å²) < 4.78 is 5.80. The van der Waals surface area contributed by atoms with Crippen LogP contribution in [0.15, 0.2) is 36.7 Å². The smallest absolute Gasteiger partial charge is 0.142 e. The zero-order chi connectivity index (χ0) is 12.8. The molecule has 2 aromatic rings. The maximum atomic E-state index is 5.80. The van der Waals surface area contributed by atoms with Crippen molar-refractivity contribution in [3.8, 4) is 5.75 Å². The van der Waals surface area contributed by atoms with Crippen LogP contribution in [0, 0.1) is 6.92 Å². The predicted octanol–water partition coefficient (Wildman–Crippen LogP) is 2.08. The van der Waals surface area contributed by atoms with Gasteiger partial charge in [0, 0.05) is 24.6 Å². The number of aromatic nitrogens is 2. The van der Waals surface area contributed by atoms with Gasteiger partial charge >= 0.3 is 0 Å². The van der Waals surface area contributed by atoms with Crippen LogP contribution in [-0.2, 0) is 13.2 Å². The van der Waals surface area contributed by atoms with E-state index in [0.717, 1.165) is 22.7 Å². The Kier molecular flexibility index (Phi) is 4.25. The molecule has 4 nitrogen and oxygen atoms in total. The van der Waals surface area contributed by atoms with Crippen LogP contribution in [0.2, 0.25) is 0 Å². The summed E-state index contributed by atoms with van der Waals surface area (Å²) >= 11 is 0. The van der Waals surface area contributed by atoms with Crippen molar-refractivity contribution in [3.05, 3.63) is 53.6 Å². The van der Waals surface area contributed by atoms with E-state index in [4.69, 9.17) is 4.74 Å². The third kappa shape index (κ3) is 3.28. The molecule has 0 unspecified atom stereocenters.